The molecule has 9 heteroatoms. The molecular weight excluding hydrogens is 467 g/mol. The molecule has 0 radical (unpaired) electrons. The van der Waals surface area contributed by atoms with Gasteiger partial charge in [0, 0.05) is 28.7 Å². The molecule has 5 aromatic rings. The minimum atomic E-state index is -4.54. The fourth-order valence-corrected chi connectivity index (χ4v) is 4.17. The van der Waals surface area contributed by atoms with Crippen LogP contribution in [0.1, 0.15) is 22.5 Å². The Labute approximate surface area is 204 Å². The van der Waals surface area contributed by atoms with Crippen LogP contribution in [0.2, 0.25) is 0 Å². The summed E-state index contributed by atoms with van der Waals surface area (Å²) in [6.45, 7) is 3.85. The molecular formula is C27H20F3N5O. The van der Waals surface area contributed by atoms with Gasteiger partial charge in [-0.2, -0.15) is 22.9 Å². The highest BCUT2D eigenvalue weighted by molar-refractivity contribution is 5.83. The maximum atomic E-state index is 13.4. The van der Waals surface area contributed by atoms with E-state index in [4.69, 9.17) is 0 Å². The second kappa shape index (κ2) is 8.92. The number of nitrogens with zero attached hydrogens (tertiary/aromatic N) is 5. The Morgan fingerprint density at radius 3 is 2.53 bits per heavy atom. The van der Waals surface area contributed by atoms with Gasteiger partial charge in [-0.25, -0.2) is 4.98 Å². The summed E-state index contributed by atoms with van der Waals surface area (Å²) in [5.41, 5.74) is 2.61. The quantitative estimate of drug-likeness (QED) is 0.303. The average Bonchev–Trinajstić information content (AvgIpc) is 3.16. The first-order valence-electron chi connectivity index (χ1n) is 11.1. The van der Waals surface area contributed by atoms with Crippen molar-refractivity contribution in [3.05, 3.63) is 112 Å². The maximum absolute atomic E-state index is 13.4. The molecule has 0 saturated heterocycles. The van der Waals surface area contributed by atoms with E-state index in [2.05, 4.69) is 15.1 Å². The third-order valence-corrected chi connectivity index (χ3v) is 5.89. The van der Waals surface area contributed by atoms with Crippen molar-refractivity contribution < 1.29 is 13.2 Å². The first kappa shape index (κ1) is 23.2. The standard InChI is InChI=1S/C27H20F3N5O/c1-17-13-20(18(2)34(17)22-9-6-12-31-16-22)15-32-35-25(19-7-5-8-21(14-19)27(28,29)30)33-24-11-4-3-10-23(24)26(35)36/h3-16H,1-2H3. The van der Waals surface area contributed by atoms with Gasteiger partial charge in [0.05, 0.1) is 34.6 Å². The predicted octanol–water partition coefficient (Wildman–Crippen LogP) is 5.77. The van der Waals surface area contributed by atoms with Crippen LogP contribution < -0.4 is 5.56 Å². The van der Waals surface area contributed by atoms with Crippen LogP contribution in [0.5, 0.6) is 0 Å². The lowest BCUT2D eigenvalue weighted by atomic mass is 10.1. The molecule has 6 nitrogen and oxygen atoms in total. The van der Waals surface area contributed by atoms with E-state index in [1.54, 1.807) is 36.7 Å². The van der Waals surface area contributed by atoms with E-state index in [0.717, 1.165) is 39.4 Å². The molecule has 3 heterocycles. The highest BCUT2D eigenvalue weighted by Crippen LogP contribution is 2.32. The van der Waals surface area contributed by atoms with E-state index in [1.807, 2.05) is 36.6 Å². The van der Waals surface area contributed by atoms with E-state index in [-0.39, 0.29) is 11.4 Å². The van der Waals surface area contributed by atoms with Crippen molar-refractivity contribution in [3.63, 3.8) is 0 Å². The van der Waals surface area contributed by atoms with E-state index >= 15 is 0 Å². The second-order valence-electron chi connectivity index (χ2n) is 8.27. The third-order valence-electron chi connectivity index (χ3n) is 5.89. The van der Waals surface area contributed by atoms with E-state index < -0.39 is 17.3 Å². The number of alkyl halides is 3. The number of pyridine rings is 1. The van der Waals surface area contributed by atoms with Crippen molar-refractivity contribution in [2.75, 3.05) is 0 Å². The van der Waals surface area contributed by atoms with Crippen molar-refractivity contribution in [2.24, 2.45) is 5.10 Å². The van der Waals surface area contributed by atoms with Crippen LogP contribution in [-0.2, 0) is 6.18 Å². The van der Waals surface area contributed by atoms with Gasteiger partial charge in [-0.1, -0.05) is 24.3 Å². The molecule has 0 N–H and O–H groups in total. The molecule has 0 fully saturated rings. The molecule has 0 aliphatic heterocycles. The minimum absolute atomic E-state index is 0.0158. The van der Waals surface area contributed by atoms with Crippen LogP contribution in [0, 0.1) is 13.8 Å². The zero-order valence-corrected chi connectivity index (χ0v) is 19.4. The lowest BCUT2D eigenvalue weighted by Gasteiger charge is -2.12. The van der Waals surface area contributed by atoms with Gasteiger partial charge < -0.3 is 4.57 Å². The van der Waals surface area contributed by atoms with Gasteiger partial charge in [0.15, 0.2) is 5.82 Å². The minimum Gasteiger partial charge on any atom is -0.316 e. The summed E-state index contributed by atoms with van der Waals surface area (Å²) in [6, 6.07) is 17.1. The van der Waals surface area contributed by atoms with Crippen LogP contribution >= 0.6 is 0 Å². The van der Waals surface area contributed by atoms with Gasteiger partial charge in [0.25, 0.3) is 5.56 Å². The van der Waals surface area contributed by atoms with Gasteiger partial charge in [-0.05, 0) is 56.3 Å². The molecule has 0 spiro atoms. The van der Waals surface area contributed by atoms with Crippen LogP contribution in [0.25, 0.3) is 28.0 Å². The first-order chi connectivity index (χ1) is 17.2. The zero-order chi connectivity index (χ0) is 25.4. The number of para-hydroxylation sites is 1. The normalized spacial score (nSPS) is 12.0. The van der Waals surface area contributed by atoms with E-state index in [9.17, 15) is 18.0 Å². The van der Waals surface area contributed by atoms with Crippen molar-refractivity contribution in [3.8, 4) is 17.1 Å². The molecule has 0 bridgehead atoms. The summed E-state index contributed by atoms with van der Waals surface area (Å²) in [5.74, 6) is 0.0158. The highest BCUT2D eigenvalue weighted by Gasteiger charge is 2.31. The van der Waals surface area contributed by atoms with Crippen molar-refractivity contribution in [2.45, 2.75) is 20.0 Å². The summed E-state index contributed by atoms with van der Waals surface area (Å²) in [7, 11) is 0. The highest BCUT2D eigenvalue weighted by atomic mass is 19.4. The smallest absolute Gasteiger partial charge is 0.316 e. The van der Waals surface area contributed by atoms with Crippen molar-refractivity contribution in [1.82, 2.24) is 19.2 Å². The van der Waals surface area contributed by atoms with Crippen molar-refractivity contribution in [1.29, 1.82) is 0 Å². The van der Waals surface area contributed by atoms with Crippen LogP contribution in [0.15, 0.2) is 89.0 Å². The molecule has 36 heavy (non-hydrogen) atoms. The topological polar surface area (TPSA) is 65.1 Å². The monoisotopic (exact) mass is 487 g/mol. The molecule has 5 rings (SSSR count). The number of hydrogen-bond donors (Lipinski definition) is 0. The fourth-order valence-electron chi connectivity index (χ4n) is 4.17. The first-order valence-corrected chi connectivity index (χ1v) is 11.1. The Hall–Kier alpha value is -4.53. The Morgan fingerprint density at radius 1 is 0.972 bits per heavy atom. The van der Waals surface area contributed by atoms with Gasteiger partial charge in [0.1, 0.15) is 0 Å². The Kier molecular flexibility index (Phi) is 5.75. The van der Waals surface area contributed by atoms with Gasteiger partial charge in [-0.3, -0.25) is 9.78 Å². The molecule has 0 unspecified atom stereocenters. The summed E-state index contributed by atoms with van der Waals surface area (Å²) < 4.78 is 43.2. The van der Waals surface area contributed by atoms with E-state index in [1.165, 1.54) is 18.3 Å². The number of fused-ring (bicyclic) bond motifs is 1. The molecule has 180 valence electrons. The number of halogens is 3. The van der Waals surface area contributed by atoms with Gasteiger partial charge in [-0.15, -0.1) is 0 Å². The lowest BCUT2D eigenvalue weighted by molar-refractivity contribution is -0.137. The number of rotatable bonds is 4. The molecule has 0 atom stereocenters. The van der Waals surface area contributed by atoms with Gasteiger partial charge >= 0.3 is 6.18 Å². The SMILES string of the molecule is Cc1cc(C=Nn2c(-c3cccc(C(F)(F)F)c3)nc3ccccc3c2=O)c(C)n1-c1cccnc1. The van der Waals surface area contributed by atoms with Crippen LogP contribution in [0.4, 0.5) is 13.2 Å². The molecule has 0 amide bonds. The lowest BCUT2D eigenvalue weighted by Crippen LogP contribution is -2.20. The summed E-state index contributed by atoms with van der Waals surface area (Å²) in [6.07, 6.45) is 0.411. The third kappa shape index (κ3) is 4.19. The largest absolute Gasteiger partial charge is 0.416 e. The van der Waals surface area contributed by atoms with Crippen LogP contribution in [0.3, 0.4) is 0 Å². The van der Waals surface area contributed by atoms with E-state index in [0.29, 0.717) is 10.9 Å². The number of benzene rings is 2. The zero-order valence-electron chi connectivity index (χ0n) is 19.4. The summed E-state index contributed by atoms with van der Waals surface area (Å²) in [4.78, 5) is 22.0. The molecule has 3 aromatic heterocycles. The Bertz CT molecular complexity index is 1670. The molecule has 0 saturated carbocycles. The summed E-state index contributed by atoms with van der Waals surface area (Å²) in [5, 5.41) is 4.72. The number of aromatic nitrogens is 4. The predicted molar refractivity (Wildman–Crippen MR) is 132 cm³/mol. The van der Waals surface area contributed by atoms with Gasteiger partial charge in [0.2, 0.25) is 0 Å². The number of aryl methyl sites for hydroxylation is 1. The van der Waals surface area contributed by atoms with Crippen molar-refractivity contribution >= 4 is 17.1 Å². The fraction of sp³-hybridized carbons (Fsp3) is 0.111. The average molecular weight is 487 g/mol. The second-order valence-corrected chi connectivity index (χ2v) is 8.27. The molecule has 0 aliphatic carbocycles. The summed E-state index contributed by atoms with van der Waals surface area (Å²) >= 11 is 0. The van der Waals surface area contributed by atoms with Crippen LogP contribution in [-0.4, -0.2) is 25.4 Å². The number of hydrogen-bond acceptors (Lipinski definition) is 4. The Morgan fingerprint density at radius 2 is 1.78 bits per heavy atom. The maximum Gasteiger partial charge on any atom is 0.416 e. The Balaban J connectivity index is 1.68. The molecule has 0 aliphatic rings. The molecule has 2 aromatic carbocycles.